The maximum absolute atomic E-state index is 8.28. The van der Waals surface area contributed by atoms with E-state index in [4.69, 9.17) is 19.6 Å². The van der Waals surface area contributed by atoms with Gasteiger partial charge in [-0.05, 0) is 0 Å². The average molecular weight is 172 g/mol. The molecule has 0 heterocycles. The van der Waals surface area contributed by atoms with Gasteiger partial charge in [-0.15, -0.1) is 0 Å². The van der Waals surface area contributed by atoms with Crippen molar-refractivity contribution in [3.8, 4) is 0 Å². The molecule has 10 heavy (non-hydrogen) atoms. The Morgan fingerprint density at radius 3 is 2.00 bits per heavy atom. The normalized spacial score (nSPS) is 16.3. The van der Waals surface area contributed by atoms with Gasteiger partial charge in [-0.2, -0.15) is 0 Å². The van der Waals surface area contributed by atoms with E-state index < -0.39 is 7.74 Å². The fraction of sp³-hybridized carbons (Fsp3) is 1.00. The molecule has 0 amide bonds. The fourth-order valence-corrected chi connectivity index (χ4v) is 0.828. The van der Waals surface area contributed by atoms with Crippen LogP contribution in [0.25, 0.3) is 0 Å². The summed E-state index contributed by atoms with van der Waals surface area (Å²) < 4.78 is 4.01. The predicted octanol–water partition coefficient (Wildman–Crippen LogP) is -0.0994. The second-order valence-electron chi connectivity index (χ2n) is 2.05. The van der Waals surface area contributed by atoms with Gasteiger partial charge in [0.15, 0.2) is 0 Å². The fourth-order valence-electron chi connectivity index (χ4n) is 0.372. The van der Waals surface area contributed by atoms with Crippen molar-refractivity contribution in [3.05, 3.63) is 0 Å². The zero-order chi connectivity index (χ0) is 8.28. The molecule has 4 N–H and O–H groups in total. The molecular formula is C4H13O5P. The molecule has 0 unspecified atom stereocenters. The first-order chi connectivity index (χ1) is 4.31. The van der Waals surface area contributed by atoms with Crippen LogP contribution in [0.1, 0.15) is 19.8 Å². The minimum absolute atomic E-state index is 0.0612. The molecule has 0 radical (unpaired) electrons. The molecule has 0 fully saturated rings. The molecule has 0 aromatic rings. The molecule has 6 heteroatoms. The second-order valence-corrected chi connectivity index (χ2v) is 4.03. The predicted molar refractivity (Wildman–Crippen MR) is 36.7 cm³/mol. The van der Waals surface area contributed by atoms with Gasteiger partial charge in [-0.1, -0.05) is 0 Å². The first-order valence-corrected chi connectivity index (χ1v) is 4.94. The summed E-state index contributed by atoms with van der Waals surface area (Å²) in [5.74, 6) is 0. The first kappa shape index (κ1) is 10.2. The van der Waals surface area contributed by atoms with E-state index >= 15 is 0 Å². The Morgan fingerprint density at radius 2 is 1.70 bits per heavy atom. The molecule has 0 aromatic carbocycles. The number of rotatable bonds is 4. The third-order valence-electron chi connectivity index (χ3n) is 0.820. The van der Waals surface area contributed by atoms with Crippen LogP contribution in [0.15, 0.2) is 0 Å². The van der Waals surface area contributed by atoms with Crippen LogP contribution in [-0.4, -0.2) is 26.2 Å². The monoisotopic (exact) mass is 172 g/mol. The zero-order valence-corrected chi connectivity index (χ0v) is 6.66. The van der Waals surface area contributed by atoms with Crippen LogP contribution < -0.4 is 0 Å². The van der Waals surface area contributed by atoms with Crippen LogP contribution in [0.4, 0.5) is 0 Å². The van der Waals surface area contributed by atoms with Crippen molar-refractivity contribution in [1.82, 2.24) is 0 Å². The van der Waals surface area contributed by atoms with Gasteiger partial charge in [0.2, 0.25) is 0 Å². The van der Waals surface area contributed by atoms with Crippen molar-refractivity contribution in [2.24, 2.45) is 0 Å². The number of hydrogen-bond acceptors (Lipinski definition) is 5. The minimum atomic E-state index is -5.65. The Hall–Kier alpha value is 0.230. The van der Waals surface area contributed by atoms with Crippen LogP contribution in [0, 0.1) is 0 Å². The average Bonchev–Trinajstić information content (AvgIpc) is 1.61. The Labute approximate surface area is 59.2 Å². The summed E-state index contributed by atoms with van der Waals surface area (Å²) in [6.07, 6.45) is 1.34. The topological polar surface area (TPSA) is 90.2 Å². The van der Waals surface area contributed by atoms with Gasteiger partial charge in [-0.3, -0.25) is 0 Å². The van der Waals surface area contributed by atoms with E-state index in [-0.39, 0.29) is 6.61 Å². The summed E-state index contributed by atoms with van der Waals surface area (Å²) in [5, 5.41) is 0. The number of unbranched alkanes of at least 4 members (excludes halogenated alkanes) is 1. The van der Waals surface area contributed by atoms with Gasteiger partial charge in [0, 0.05) is 0 Å². The van der Waals surface area contributed by atoms with Gasteiger partial charge in [0.25, 0.3) is 0 Å². The van der Waals surface area contributed by atoms with Crippen molar-refractivity contribution >= 4 is 7.74 Å². The molecule has 0 spiro atoms. The molecular weight excluding hydrogens is 159 g/mol. The van der Waals surface area contributed by atoms with E-state index in [1.54, 1.807) is 0 Å². The van der Waals surface area contributed by atoms with Gasteiger partial charge in [0.1, 0.15) is 0 Å². The Morgan fingerprint density at radius 1 is 1.20 bits per heavy atom. The summed E-state index contributed by atoms with van der Waals surface area (Å²) in [4.78, 5) is 33.1. The third-order valence-corrected chi connectivity index (χ3v) is 1.46. The van der Waals surface area contributed by atoms with Crippen molar-refractivity contribution in [3.63, 3.8) is 0 Å². The van der Waals surface area contributed by atoms with Crippen LogP contribution in [-0.2, 0) is 4.52 Å². The summed E-state index contributed by atoms with van der Waals surface area (Å²) in [5.41, 5.74) is 0. The molecule has 0 aromatic heterocycles. The van der Waals surface area contributed by atoms with E-state index in [2.05, 4.69) is 4.52 Å². The SMILES string of the molecule is CCCCOP(O)(O)(O)O. The van der Waals surface area contributed by atoms with Crippen molar-refractivity contribution < 1.29 is 24.1 Å². The molecule has 0 aliphatic heterocycles. The second kappa shape index (κ2) is 3.09. The standard InChI is InChI=1S/C4H13O5P/c1-2-3-4-9-10(5,6,7)8/h5-8H,2-4H2,1H3. The summed E-state index contributed by atoms with van der Waals surface area (Å²) in [6.45, 7) is 1.80. The third kappa shape index (κ3) is 8.23. The van der Waals surface area contributed by atoms with E-state index in [9.17, 15) is 0 Å². The summed E-state index contributed by atoms with van der Waals surface area (Å²) >= 11 is 0. The summed E-state index contributed by atoms with van der Waals surface area (Å²) in [6, 6.07) is 0. The molecule has 0 saturated heterocycles. The van der Waals surface area contributed by atoms with Gasteiger partial charge in [-0.25, -0.2) is 0 Å². The van der Waals surface area contributed by atoms with Gasteiger partial charge < -0.3 is 0 Å². The first-order valence-electron chi connectivity index (χ1n) is 2.98. The molecule has 0 saturated carbocycles. The van der Waals surface area contributed by atoms with Crippen LogP contribution in [0.3, 0.4) is 0 Å². The van der Waals surface area contributed by atoms with E-state index in [1.165, 1.54) is 0 Å². The van der Waals surface area contributed by atoms with Crippen LogP contribution in [0.5, 0.6) is 0 Å². The quantitative estimate of drug-likeness (QED) is 0.351. The number of hydrogen-bond donors (Lipinski definition) is 4. The summed E-state index contributed by atoms with van der Waals surface area (Å²) in [7, 11) is -5.65. The molecule has 64 valence electrons. The zero-order valence-electron chi connectivity index (χ0n) is 5.77. The molecule has 0 atom stereocenters. The van der Waals surface area contributed by atoms with E-state index in [0.717, 1.165) is 6.42 Å². The van der Waals surface area contributed by atoms with Crippen molar-refractivity contribution in [1.29, 1.82) is 0 Å². The Bertz CT molecular complexity index is 96.7. The van der Waals surface area contributed by atoms with Gasteiger partial charge >= 0.3 is 58.2 Å². The Balaban J connectivity index is 3.49. The molecule has 0 bridgehead atoms. The van der Waals surface area contributed by atoms with Crippen molar-refractivity contribution in [2.75, 3.05) is 6.61 Å². The maximum atomic E-state index is 8.28. The van der Waals surface area contributed by atoms with E-state index in [1.807, 2.05) is 6.92 Å². The molecule has 0 aliphatic carbocycles. The van der Waals surface area contributed by atoms with Crippen molar-refractivity contribution in [2.45, 2.75) is 19.8 Å². The van der Waals surface area contributed by atoms with Gasteiger partial charge in [0.05, 0.1) is 0 Å². The molecule has 0 rings (SSSR count). The van der Waals surface area contributed by atoms with E-state index in [0.29, 0.717) is 6.42 Å². The molecule has 0 aliphatic rings. The van der Waals surface area contributed by atoms with Crippen LogP contribution >= 0.6 is 7.74 Å². The van der Waals surface area contributed by atoms with Crippen LogP contribution in [0.2, 0.25) is 0 Å². The molecule has 5 nitrogen and oxygen atoms in total. The Kier molecular flexibility index (Phi) is 3.16.